The van der Waals surface area contributed by atoms with Crippen LogP contribution in [0.25, 0.3) is 0 Å². The summed E-state index contributed by atoms with van der Waals surface area (Å²) >= 11 is 0. The van der Waals surface area contributed by atoms with Gasteiger partial charge in [-0.25, -0.2) is 4.98 Å². The predicted molar refractivity (Wildman–Crippen MR) is 89.9 cm³/mol. The van der Waals surface area contributed by atoms with Crippen LogP contribution in [0.4, 0.5) is 0 Å². The lowest BCUT2D eigenvalue weighted by Gasteiger charge is -2.10. The lowest BCUT2D eigenvalue weighted by molar-refractivity contribution is 0.265. The summed E-state index contributed by atoms with van der Waals surface area (Å²) in [5.41, 5.74) is 7.35. The summed E-state index contributed by atoms with van der Waals surface area (Å²) in [5.74, 6) is 1.04. The van der Waals surface area contributed by atoms with Gasteiger partial charge in [0.25, 0.3) is 0 Å². The van der Waals surface area contributed by atoms with E-state index >= 15 is 0 Å². The van der Waals surface area contributed by atoms with Crippen LogP contribution >= 0.6 is 24.8 Å². The molecule has 2 rings (SSSR count). The van der Waals surface area contributed by atoms with E-state index in [0.717, 1.165) is 5.56 Å². The average molecular weight is 347 g/mol. The van der Waals surface area contributed by atoms with Gasteiger partial charge in [0, 0.05) is 17.8 Å². The van der Waals surface area contributed by atoms with Gasteiger partial charge >= 0.3 is 0 Å². The first-order valence-corrected chi connectivity index (χ1v) is 6.41. The van der Waals surface area contributed by atoms with Crippen LogP contribution in [-0.4, -0.2) is 27.8 Å². The van der Waals surface area contributed by atoms with Gasteiger partial charge in [0.2, 0.25) is 5.88 Å². The van der Waals surface area contributed by atoms with Crippen molar-refractivity contribution in [3.63, 3.8) is 0 Å². The largest absolute Gasteiger partial charge is 0.439 e. The van der Waals surface area contributed by atoms with Gasteiger partial charge in [-0.05, 0) is 36.2 Å². The van der Waals surface area contributed by atoms with Crippen LogP contribution < -0.4 is 10.5 Å². The monoisotopic (exact) mass is 346 g/mol. The number of hydrogen-bond donors (Lipinski definition) is 3. The van der Waals surface area contributed by atoms with Gasteiger partial charge in [-0.3, -0.25) is 0 Å². The van der Waals surface area contributed by atoms with E-state index in [0.29, 0.717) is 23.6 Å². The minimum absolute atomic E-state index is 0. The van der Waals surface area contributed by atoms with Crippen LogP contribution in [0.3, 0.4) is 0 Å². The predicted octanol–water partition coefficient (Wildman–Crippen LogP) is 2.07. The first-order valence-electron chi connectivity index (χ1n) is 6.41. The van der Waals surface area contributed by atoms with Crippen molar-refractivity contribution in [2.45, 2.75) is 19.1 Å². The van der Waals surface area contributed by atoms with Gasteiger partial charge < -0.3 is 20.7 Å². The topological polar surface area (TPSA) is 88.6 Å². The zero-order chi connectivity index (χ0) is 14.4. The molecule has 1 atom stereocenters. The number of ether oxygens (including phenoxy) is 1. The third-order valence-corrected chi connectivity index (χ3v) is 2.89. The molecule has 1 aromatic heterocycles. The van der Waals surface area contributed by atoms with Crippen molar-refractivity contribution in [3.05, 3.63) is 53.7 Å². The molecule has 0 saturated carbocycles. The van der Waals surface area contributed by atoms with Gasteiger partial charge in [0.05, 0.1) is 13.2 Å². The summed E-state index contributed by atoms with van der Waals surface area (Å²) in [6.45, 7) is -0.154. The minimum atomic E-state index is -0.251. The van der Waals surface area contributed by atoms with Gasteiger partial charge in [0.15, 0.2) is 0 Å². The van der Waals surface area contributed by atoms with E-state index in [1.807, 2.05) is 24.3 Å². The molecule has 5 nitrogen and oxygen atoms in total. The van der Waals surface area contributed by atoms with E-state index < -0.39 is 0 Å². The lowest BCUT2D eigenvalue weighted by atomic mass is 10.1. The van der Waals surface area contributed by atoms with E-state index in [9.17, 15) is 5.11 Å². The van der Waals surface area contributed by atoms with Gasteiger partial charge in [-0.15, -0.1) is 24.8 Å². The number of rotatable bonds is 6. The van der Waals surface area contributed by atoms with E-state index in [2.05, 4.69) is 4.98 Å². The third kappa shape index (κ3) is 5.79. The highest BCUT2D eigenvalue weighted by Crippen LogP contribution is 2.23. The van der Waals surface area contributed by atoms with E-state index in [1.54, 1.807) is 18.3 Å². The Bertz CT molecular complexity index is 553. The number of aliphatic hydroxyl groups is 2. The van der Waals surface area contributed by atoms with Crippen LogP contribution in [0.1, 0.15) is 11.1 Å². The number of benzene rings is 1. The molecule has 0 saturated heterocycles. The molecule has 0 amide bonds. The van der Waals surface area contributed by atoms with E-state index in [1.165, 1.54) is 0 Å². The molecule has 0 aliphatic carbocycles. The van der Waals surface area contributed by atoms with Crippen molar-refractivity contribution in [2.75, 3.05) is 6.61 Å². The fourth-order valence-corrected chi connectivity index (χ4v) is 1.81. The molecule has 7 heteroatoms. The fraction of sp³-hybridized carbons (Fsp3) is 0.267. The molecule has 0 bridgehead atoms. The number of nitrogens with zero attached hydrogens (tertiary/aromatic N) is 1. The molecule has 1 heterocycles. The smallest absolute Gasteiger partial charge is 0.224 e. The number of hydrogen-bond acceptors (Lipinski definition) is 5. The minimum Gasteiger partial charge on any atom is -0.439 e. The Balaban J connectivity index is 0.00000220. The number of aromatic nitrogens is 1. The molecular formula is C15H20Cl2N2O3. The van der Waals surface area contributed by atoms with Crippen molar-refractivity contribution in [2.24, 2.45) is 5.73 Å². The second-order valence-corrected chi connectivity index (χ2v) is 4.52. The van der Waals surface area contributed by atoms with Gasteiger partial charge in [-0.2, -0.15) is 0 Å². The van der Waals surface area contributed by atoms with Crippen molar-refractivity contribution in [1.29, 1.82) is 0 Å². The maximum atomic E-state index is 9.21. The molecule has 2 aromatic rings. The van der Waals surface area contributed by atoms with Gasteiger partial charge in [0.1, 0.15) is 5.75 Å². The normalized spacial score (nSPS) is 11.0. The first-order chi connectivity index (χ1) is 9.72. The second kappa shape index (κ2) is 10.4. The number of halogens is 2. The molecule has 4 N–H and O–H groups in total. The summed E-state index contributed by atoms with van der Waals surface area (Å²) in [6.07, 6.45) is 2.23. The summed E-state index contributed by atoms with van der Waals surface area (Å²) in [6, 6.07) is 10.7. The lowest BCUT2D eigenvalue weighted by Crippen LogP contribution is -2.26. The molecule has 0 aliphatic heterocycles. The van der Waals surface area contributed by atoms with Crippen molar-refractivity contribution in [3.8, 4) is 11.6 Å². The molecule has 0 radical (unpaired) electrons. The molecule has 0 aliphatic rings. The summed E-state index contributed by atoms with van der Waals surface area (Å²) in [7, 11) is 0. The highest BCUT2D eigenvalue weighted by molar-refractivity contribution is 5.85. The highest BCUT2D eigenvalue weighted by atomic mass is 35.5. The first kappa shape index (κ1) is 20.6. The van der Waals surface area contributed by atoms with Crippen LogP contribution in [0, 0.1) is 0 Å². The molecular weight excluding hydrogens is 327 g/mol. The maximum Gasteiger partial charge on any atom is 0.224 e. The standard InChI is InChI=1S/C15H18N2O3.2ClH/c16-13(10-19)8-11-3-5-14(6-4-11)20-15-12(9-18)2-1-7-17-15;;/h1-7,13,18-19H,8-10,16H2;2*1H/t13-;;/m0../s1. The van der Waals surface area contributed by atoms with E-state index in [-0.39, 0.29) is 44.1 Å². The number of nitrogens with two attached hydrogens (primary N) is 1. The van der Waals surface area contributed by atoms with Crippen molar-refractivity contribution < 1.29 is 14.9 Å². The summed E-state index contributed by atoms with van der Waals surface area (Å²) in [4.78, 5) is 4.09. The molecule has 22 heavy (non-hydrogen) atoms. The zero-order valence-corrected chi connectivity index (χ0v) is 13.5. The van der Waals surface area contributed by atoms with Gasteiger partial charge in [-0.1, -0.05) is 12.1 Å². The summed E-state index contributed by atoms with van der Waals surface area (Å²) < 4.78 is 5.63. The molecule has 1 aromatic carbocycles. The zero-order valence-electron chi connectivity index (χ0n) is 11.9. The second-order valence-electron chi connectivity index (χ2n) is 4.52. The quantitative estimate of drug-likeness (QED) is 0.745. The fourth-order valence-electron chi connectivity index (χ4n) is 1.81. The van der Waals surface area contributed by atoms with Crippen LogP contribution in [0.2, 0.25) is 0 Å². The Morgan fingerprint density at radius 2 is 1.77 bits per heavy atom. The molecule has 0 unspecified atom stereocenters. The Hall–Kier alpha value is -1.37. The third-order valence-electron chi connectivity index (χ3n) is 2.89. The van der Waals surface area contributed by atoms with Crippen LogP contribution in [-0.2, 0) is 13.0 Å². The molecule has 122 valence electrons. The van der Waals surface area contributed by atoms with E-state index in [4.69, 9.17) is 15.6 Å². The molecule has 0 fully saturated rings. The number of pyridine rings is 1. The Morgan fingerprint density at radius 1 is 1.09 bits per heavy atom. The molecule has 0 spiro atoms. The van der Waals surface area contributed by atoms with Crippen molar-refractivity contribution in [1.82, 2.24) is 4.98 Å². The summed E-state index contributed by atoms with van der Waals surface area (Å²) in [5, 5.41) is 18.1. The highest BCUT2D eigenvalue weighted by Gasteiger charge is 2.06. The Labute approximate surface area is 142 Å². The van der Waals surface area contributed by atoms with Crippen LogP contribution in [0.15, 0.2) is 42.6 Å². The Morgan fingerprint density at radius 3 is 2.36 bits per heavy atom. The van der Waals surface area contributed by atoms with Crippen LogP contribution in [0.5, 0.6) is 11.6 Å². The van der Waals surface area contributed by atoms with Crippen molar-refractivity contribution >= 4 is 24.8 Å². The Kier molecular flexibility index (Phi) is 9.73. The number of aliphatic hydroxyl groups excluding tert-OH is 2. The SMILES string of the molecule is Cl.Cl.N[C@H](CO)Cc1ccc(Oc2ncccc2CO)cc1. The maximum absolute atomic E-state index is 9.21. The average Bonchev–Trinajstić information content (AvgIpc) is 2.49.